The van der Waals surface area contributed by atoms with Gasteiger partial charge in [0.2, 0.25) is 0 Å². The summed E-state index contributed by atoms with van der Waals surface area (Å²) in [5.41, 5.74) is 2.08. The molecule has 1 aromatic carbocycles. The standard InChI is InChI=1S/C25H23F2N7O4S/c1-31-21-12-16(2-4-20(21)34(39(31,36)37)15-18-13-25(18,26)27)23-17(14-28)3-5-22(29-23)32-7-9-33(10-8-32)24(35)19-6-11-38-30-19/h2-6,11-12,18H,7-10,13,15H2,1H3. The van der Waals surface area contributed by atoms with Gasteiger partial charge >= 0.3 is 10.2 Å². The van der Waals surface area contributed by atoms with Gasteiger partial charge in [-0.15, -0.1) is 0 Å². The first-order chi connectivity index (χ1) is 18.6. The van der Waals surface area contributed by atoms with Gasteiger partial charge in [-0.05, 0) is 24.3 Å². The number of amides is 1. The number of hydrogen-bond donors (Lipinski definition) is 0. The van der Waals surface area contributed by atoms with Crippen LogP contribution in [0.1, 0.15) is 22.5 Å². The van der Waals surface area contributed by atoms with Crippen LogP contribution in [-0.2, 0) is 10.2 Å². The van der Waals surface area contributed by atoms with Crippen LogP contribution in [0.5, 0.6) is 0 Å². The van der Waals surface area contributed by atoms with Crippen LogP contribution in [0.4, 0.5) is 26.0 Å². The van der Waals surface area contributed by atoms with Gasteiger partial charge < -0.3 is 14.3 Å². The van der Waals surface area contributed by atoms with Gasteiger partial charge in [-0.3, -0.25) is 13.4 Å². The molecule has 14 heteroatoms. The molecule has 1 atom stereocenters. The van der Waals surface area contributed by atoms with E-state index >= 15 is 0 Å². The van der Waals surface area contributed by atoms with Crippen molar-refractivity contribution in [2.45, 2.75) is 12.3 Å². The van der Waals surface area contributed by atoms with Gasteiger partial charge in [-0.25, -0.2) is 13.8 Å². The Bertz CT molecular complexity index is 1600. The number of nitrogens with zero attached hydrogens (tertiary/aromatic N) is 7. The maximum Gasteiger partial charge on any atom is 0.326 e. The molecule has 1 amide bonds. The average molecular weight is 556 g/mol. The summed E-state index contributed by atoms with van der Waals surface area (Å²) in [6, 6.07) is 11.9. The lowest BCUT2D eigenvalue weighted by Crippen LogP contribution is -2.49. The van der Waals surface area contributed by atoms with Crippen molar-refractivity contribution in [2.24, 2.45) is 5.92 Å². The normalized spacial score (nSPS) is 21.0. The van der Waals surface area contributed by atoms with E-state index in [0.717, 1.165) is 8.61 Å². The second kappa shape index (κ2) is 8.91. The summed E-state index contributed by atoms with van der Waals surface area (Å²) in [5.74, 6) is -3.47. The number of carbonyl (C=O) groups is 1. The Balaban J connectivity index is 1.26. The predicted molar refractivity (Wildman–Crippen MR) is 137 cm³/mol. The van der Waals surface area contributed by atoms with E-state index < -0.39 is 22.0 Å². The molecular formula is C25H23F2N7O4S. The quantitative estimate of drug-likeness (QED) is 0.470. The average Bonchev–Trinajstić information content (AvgIpc) is 3.24. The van der Waals surface area contributed by atoms with E-state index in [4.69, 9.17) is 9.51 Å². The number of hydrogen-bond acceptors (Lipinski definition) is 8. The van der Waals surface area contributed by atoms with E-state index in [0.29, 0.717) is 60.2 Å². The summed E-state index contributed by atoms with van der Waals surface area (Å²) in [6.45, 7) is 1.61. The largest absolute Gasteiger partial charge is 0.364 e. The minimum atomic E-state index is -4.00. The number of nitriles is 1. The topological polar surface area (TPSA) is 127 Å². The zero-order chi connectivity index (χ0) is 27.5. The molecule has 0 spiro atoms. The van der Waals surface area contributed by atoms with Gasteiger partial charge in [-0.2, -0.15) is 13.7 Å². The van der Waals surface area contributed by atoms with E-state index in [1.807, 2.05) is 4.90 Å². The van der Waals surface area contributed by atoms with Gasteiger partial charge in [0.25, 0.3) is 11.8 Å². The SMILES string of the molecule is CN1c2cc(-c3nc(N4CCN(C(=O)c5ccon5)CC4)ccc3C#N)ccc2N(CC2CC2(F)F)S1(=O)=O. The van der Waals surface area contributed by atoms with Gasteiger partial charge in [-0.1, -0.05) is 11.2 Å². The lowest BCUT2D eigenvalue weighted by Gasteiger charge is -2.35. The molecule has 0 radical (unpaired) electrons. The van der Waals surface area contributed by atoms with Crippen LogP contribution in [0.15, 0.2) is 47.2 Å². The van der Waals surface area contributed by atoms with Crippen LogP contribution >= 0.6 is 0 Å². The van der Waals surface area contributed by atoms with Crippen LogP contribution in [0.2, 0.25) is 0 Å². The van der Waals surface area contributed by atoms with Crippen molar-refractivity contribution in [1.82, 2.24) is 15.0 Å². The highest BCUT2D eigenvalue weighted by Crippen LogP contribution is 2.51. The number of halogens is 2. The number of anilines is 3. The van der Waals surface area contributed by atoms with Crippen LogP contribution in [0.3, 0.4) is 0 Å². The lowest BCUT2D eigenvalue weighted by molar-refractivity contribution is 0.0736. The summed E-state index contributed by atoms with van der Waals surface area (Å²) >= 11 is 0. The first-order valence-corrected chi connectivity index (χ1v) is 13.6. The van der Waals surface area contributed by atoms with Crippen LogP contribution in [0, 0.1) is 17.2 Å². The smallest absolute Gasteiger partial charge is 0.326 e. The Morgan fingerprint density at radius 3 is 2.54 bits per heavy atom. The Kier molecular flexibility index (Phi) is 5.72. The number of fused-ring (bicyclic) bond motifs is 1. The van der Waals surface area contributed by atoms with Gasteiger partial charge in [0.1, 0.15) is 18.2 Å². The molecule has 1 saturated heterocycles. The van der Waals surface area contributed by atoms with Crippen molar-refractivity contribution < 1.29 is 26.5 Å². The highest BCUT2D eigenvalue weighted by atomic mass is 32.2. The van der Waals surface area contributed by atoms with E-state index in [1.54, 1.807) is 35.2 Å². The fraction of sp³-hybridized carbons (Fsp3) is 0.360. The predicted octanol–water partition coefficient (Wildman–Crippen LogP) is 2.73. The van der Waals surface area contributed by atoms with Crippen molar-refractivity contribution in [2.75, 3.05) is 53.3 Å². The summed E-state index contributed by atoms with van der Waals surface area (Å²) in [7, 11) is -2.63. The lowest BCUT2D eigenvalue weighted by atomic mass is 10.0. The highest BCUT2D eigenvalue weighted by molar-refractivity contribution is 7.94. The number of aromatic nitrogens is 2. The van der Waals surface area contributed by atoms with Crippen LogP contribution in [-0.4, -0.2) is 75.1 Å². The molecule has 4 heterocycles. The van der Waals surface area contributed by atoms with Gasteiger partial charge in [0.05, 0.1) is 22.6 Å². The third-order valence-corrected chi connectivity index (χ3v) is 9.16. The molecule has 1 unspecified atom stereocenters. The van der Waals surface area contributed by atoms with Crippen molar-refractivity contribution in [1.29, 1.82) is 5.26 Å². The molecular weight excluding hydrogens is 532 g/mol. The van der Waals surface area contributed by atoms with Gasteiger partial charge in [0, 0.05) is 63.7 Å². The highest BCUT2D eigenvalue weighted by Gasteiger charge is 2.59. The molecule has 0 N–H and O–H groups in total. The fourth-order valence-electron chi connectivity index (χ4n) is 4.95. The number of piperazine rings is 1. The summed E-state index contributed by atoms with van der Waals surface area (Å²) in [6.07, 6.45) is 1.02. The van der Waals surface area contributed by atoms with Crippen molar-refractivity contribution in [3.8, 4) is 17.3 Å². The molecule has 202 valence electrons. The summed E-state index contributed by atoms with van der Waals surface area (Å²) in [5, 5.41) is 13.4. The maximum atomic E-state index is 13.6. The Morgan fingerprint density at radius 1 is 1.15 bits per heavy atom. The third-order valence-electron chi connectivity index (χ3n) is 7.37. The number of rotatable bonds is 5. The zero-order valence-corrected chi connectivity index (χ0v) is 21.6. The zero-order valence-electron chi connectivity index (χ0n) is 20.8. The van der Waals surface area contributed by atoms with Crippen molar-refractivity contribution in [3.63, 3.8) is 0 Å². The van der Waals surface area contributed by atoms with Crippen LogP contribution < -0.4 is 13.5 Å². The minimum absolute atomic E-state index is 0.214. The molecule has 2 fully saturated rings. The molecule has 3 aliphatic rings. The van der Waals surface area contributed by atoms with Crippen molar-refractivity contribution in [3.05, 3.63) is 53.9 Å². The number of pyridine rings is 1. The molecule has 3 aromatic rings. The van der Waals surface area contributed by atoms with E-state index in [2.05, 4.69) is 11.2 Å². The van der Waals surface area contributed by atoms with E-state index in [9.17, 15) is 27.3 Å². The Hall–Kier alpha value is -4.25. The Morgan fingerprint density at radius 2 is 1.90 bits per heavy atom. The molecule has 39 heavy (non-hydrogen) atoms. The van der Waals surface area contributed by atoms with E-state index in [1.165, 1.54) is 19.4 Å². The molecule has 0 bridgehead atoms. The second-order valence-electron chi connectivity index (χ2n) is 9.71. The molecule has 2 aliphatic heterocycles. The molecule has 1 aliphatic carbocycles. The van der Waals surface area contributed by atoms with Crippen molar-refractivity contribution >= 4 is 33.3 Å². The maximum absolute atomic E-state index is 13.6. The second-order valence-corrected chi connectivity index (χ2v) is 11.6. The molecule has 6 rings (SSSR count). The van der Waals surface area contributed by atoms with Gasteiger partial charge in [0.15, 0.2) is 5.69 Å². The van der Waals surface area contributed by atoms with E-state index in [-0.39, 0.29) is 24.6 Å². The Labute approximate surface area is 223 Å². The minimum Gasteiger partial charge on any atom is -0.364 e. The molecule has 1 saturated carbocycles. The number of benzene rings is 1. The molecule has 2 aromatic heterocycles. The monoisotopic (exact) mass is 555 g/mol. The number of carbonyl (C=O) groups excluding carboxylic acids is 1. The third kappa shape index (κ3) is 4.22. The first kappa shape index (κ1) is 25.1. The molecule has 11 nitrogen and oxygen atoms in total. The van der Waals surface area contributed by atoms with Crippen LogP contribution in [0.25, 0.3) is 11.3 Å². The number of alkyl halides is 2. The fourth-order valence-corrected chi connectivity index (χ4v) is 6.41. The first-order valence-electron chi connectivity index (χ1n) is 12.2. The summed E-state index contributed by atoms with van der Waals surface area (Å²) < 4.78 is 60.0. The summed E-state index contributed by atoms with van der Waals surface area (Å²) in [4.78, 5) is 21.0.